The van der Waals surface area contributed by atoms with Gasteiger partial charge in [0.25, 0.3) is 0 Å². The smallest absolute Gasteiger partial charge is 0.201 e. The van der Waals surface area contributed by atoms with Crippen LogP contribution < -0.4 is 9.47 Å². The number of hydrogen-bond acceptors (Lipinski definition) is 2. The molecule has 0 fully saturated rings. The topological polar surface area (TPSA) is 18.5 Å². The molecule has 1 atom stereocenters. The summed E-state index contributed by atoms with van der Waals surface area (Å²) >= 11 is 0. The molecule has 2 nitrogen and oxygen atoms in total. The average Bonchev–Trinajstić information content (AvgIpc) is 2.92. The number of hydrogen-bond donors (Lipinski definition) is 0. The lowest BCUT2D eigenvalue weighted by Gasteiger charge is -2.23. The molecule has 0 saturated heterocycles. The van der Waals surface area contributed by atoms with Gasteiger partial charge < -0.3 is 9.47 Å². The van der Waals surface area contributed by atoms with Crippen LogP contribution in [0, 0.1) is 40.8 Å². The van der Waals surface area contributed by atoms with Gasteiger partial charge in [-0.2, -0.15) is 8.78 Å². The Morgan fingerprint density at radius 1 is 0.658 bits per heavy atom. The van der Waals surface area contributed by atoms with Crippen molar-refractivity contribution in [1.82, 2.24) is 0 Å². The summed E-state index contributed by atoms with van der Waals surface area (Å²) < 4.78 is 97.4. The van der Waals surface area contributed by atoms with Gasteiger partial charge in [0, 0.05) is 16.7 Å². The monoisotopic (exact) mass is 534 g/mol. The van der Waals surface area contributed by atoms with E-state index in [1.54, 1.807) is 13.8 Å². The molecule has 1 unspecified atom stereocenters. The minimum atomic E-state index is -1.31. The van der Waals surface area contributed by atoms with E-state index in [1.807, 2.05) is 6.08 Å². The Balaban J connectivity index is 1.44. The predicted octanol–water partition coefficient (Wildman–Crippen LogP) is 8.80. The maximum atomic E-state index is 14.9. The summed E-state index contributed by atoms with van der Waals surface area (Å²) in [5.41, 5.74) is 0.266. The minimum absolute atomic E-state index is 0.126. The van der Waals surface area contributed by atoms with Crippen LogP contribution in [0.4, 0.5) is 26.3 Å². The van der Waals surface area contributed by atoms with Crippen molar-refractivity contribution in [3.8, 4) is 22.6 Å². The Kier molecular flexibility index (Phi) is 8.69. The fraction of sp³-hybridized carbons (Fsp3) is 0.333. The van der Waals surface area contributed by atoms with E-state index in [1.165, 1.54) is 30.3 Å². The summed E-state index contributed by atoms with van der Waals surface area (Å²) in [4.78, 5) is 0. The fourth-order valence-electron chi connectivity index (χ4n) is 4.80. The molecule has 3 aromatic carbocycles. The Labute approximate surface area is 217 Å². The van der Waals surface area contributed by atoms with Crippen molar-refractivity contribution in [2.45, 2.75) is 46.0 Å². The number of benzene rings is 3. The molecule has 0 N–H and O–H groups in total. The Morgan fingerprint density at radius 2 is 1.18 bits per heavy atom. The van der Waals surface area contributed by atoms with E-state index in [9.17, 15) is 26.3 Å². The first-order valence-corrected chi connectivity index (χ1v) is 12.6. The standard InChI is InChI=1S/C30H28F6O2/c1-3-37-23-15-13-20(26(32)29(23)35)18-8-5-17(6-9-18)7-10-19-11-12-21(27(33)25(19)31)22-14-16-24(38-4-2)30(36)28(22)34/h8,11-17H,3-7,9-10H2,1-2H3. The van der Waals surface area contributed by atoms with Crippen molar-refractivity contribution in [1.29, 1.82) is 0 Å². The van der Waals surface area contributed by atoms with E-state index < -0.39 is 40.5 Å². The molecule has 0 heterocycles. The van der Waals surface area contributed by atoms with Crippen molar-refractivity contribution in [3.05, 3.63) is 88.5 Å². The molecule has 0 aliphatic heterocycles. The van der Waals surface area contributed by atoms with E-state index >= 15 is 0 Å². The Hall–Kier alpha value is -3.42. The molecule has 0 spiro atoms. The summed E-state index contributed by atoms with van der Waals surface area (Å²) in [5.74, 6) is -7.15. The van der Waals surface area contributed by atoms with Crippen LogP contribution >= 0.6 is 0 Å². The molecule has 0 amide bonds. The predicted molar refractivity (Wildman–Crippen MR) is 134 cm³/mol. The summed E-state index contributed by atoms with van der Waals surface area (Å²) in [7, 11) is 0. The van der Waals surface area contributed by atoms with Gasteiger partial charge in [-0.05, 0) is 87.3 Å². The van der Waals surface area contributed by atoms with Gasteiger partial charge in [-0.1, -0.05) is 18.2 Å². The highest BCUT2D eigenvalue weighted by atomic mass is 19.2. The number of rotatable bonds is 9. The molecule has 202 valence electrons. The summed E-state index contributed by atoms with van der Waals surface area (Å²) in [6, 6.07) is 7.89. The molecule has 0 bridgehead atoms. The van der Waals surface area contributed by atoms with E-state index in [0.717, 1.165) is 6.07 Å². The lowest BCUT2D eigenvalue weighted by molar-refractivity contribution is 0.314. The SMILES string of the molecule is CCOc1ccc(C2=CCC(CCc3ccc(-c4ccc(OCC)c(F)c4F)c(F)c3F)CC2)c(F)c1F. The minimum Gasteiger partial charge on any atom is -0.491 e. The molecule has 0 saturated carbocycles. The van der Waals surface area contributed by atoms with Crippen molar-refractivity contribution < 1.29 is 35.8 Å². The maximum Gasteiger partial charge on any atom is 0.201 e. The van der Waals surface area contributed by atoms with E-state index in [-0.39, 0.29) is 53.7 Å². The van der Waals surface area contributed by atoms with Gasteiger partial charge in [-0.3, -0.25) is 0 Å². The van der Waals surface area contributed by atoms with Gasteiger partial charge in [0.1, 0.15) is 0 Å². The summed E-state index contributed by atoms with van der Waals surface area (Å²) in [6.45, 7) is 3.66. The van der Waals surface area contributed by atoms with E-state index in [0.29, 0.717) is 31.3 Å². The van der Waals surface area contributed by atoms with Gasteiger partial charge in [0.2, 0.25) is 11.6 Å². The quantitative estimate of drug-likeness (QED) is 0.256. The molecule has 1 aliphatic carbocycles. The van der Waals surface area contributed by atoms with Gasteiger partial charge in [-0.25, -0.2) is 17.6 Å². The van der Waals surface area contributed by atoms with Crippen LogP contribution in [0.3, 0.4) is 0 Å². The molecular weight excluding hydrogens is 506 g/mol. The highest BCUT2D eigenvalue weighted by Crippen LogP contribution is 2.37. The van der Waals surface area contributed by atoms with Crippen LogP contribution in [-0.4, -0.2) is 13.2 Å². The second kappa shape index (κ2) is 12.0. The molecule has 4 rings (SSSR count). The Bertz CT molecular complexity index is 1350. The van der Waals surface area contributed by atoms with Gasteiger partial charge in [-0.15, -0.1) is 0 Å². The van der Waals surface area contributed by atoms with Crippen molar-refractivity contribution in [2.75, 3.05) is 13.2 Å². The summed E-state index contributed by atoms with van der Waals surface area (Å²) in [5, 5.41) is 0. The largest absolute Gasteiger partial charge is 0.491 e. The number of allylic oxidation sites excluding steroid dienone is 2. The highest BCUT2D eigenvalue weighted by molar-refractivity contribution is 5.68. The zero-order valence-electron chi connectivity index (χ0n) is 21.2. The first-order chi connectivity index (χ1) is 18.3. The number of halogens is 6. The normalized spacial score (nSPS) is 15.4. The molecule has 1 aliphatic rings. The third-order valence-corrected chi connectivity index (χ3v) is 6.83. The lowest BCUT2D eigenvalue weighted by Crippen LogP contribution is -2.09. The number of ether oxygens (including phenoxy) is 2. The van der Waals surface area contributed by atoms with Crippen LogP contribution in [0.5, 0.6) is 11.5 Å². The second-order valence-corrected chi connectivity index (χ2v) is 9.15. The van der Waals surface area contributed by atoms with Gasteiger partial charge in [0.05, 0.1) is 13.2 Å². The molecule has 38 heavy (non-hydrogen) atoms. The fourth-order valence-corrected chi connectivity index (χ4v) is 4.80. The van der Waals surface area contributed by atoms with Crippen LogP contribution in [0.25, 0.3) is 16.7 Å². The third kappa shape index (κ3) is 5.54. The zero-order chi connectivity index (χ0) is 27.4. The van der Waals surface area contributed by atoms with Crippen molar-refractivity contribution >= 4 is 5.57 Å². The van der Waals surface area contributed by atoms with Crippen LogP contribution in [0.1, 0.15) is 50.7 Å². The lowest BCUT2D eigenvalue weighted by atomic mass is 9.83. The molecule has 0 aromatic heterocycles. The van der Waals surface area contributed by atoms with Crippen molar-refractivity contribution in [2.24, 2.45) is 5.92 Å². The second-order valence-electron chi connectivity index (χ2n) is 9.15. The first-order valence-electron chi connectivity index (χ1n) is 12.6. The van der Waals surface area contributed by atoms with Crippen LogP contribution in [0.2, 0.25) is 0 Å². The number of aryl methyl sites for hydroxylation is 1. The maximum absolute atomic E-state index is 14.9. The van der Waals surface area contributed by atoms with E-state index in [2.05, 4.69) is 0 Å². The third-order valence-electron chi connectivity index (χ3n) is 6.83. The van der Waals surface area contributed by atoms with Crippen LogP contribution in [-0.2, 0) is 6.42 Å². The van der Waals surface area contributed by atoms with E-state index in [4.69, 9.17) is 9.47 Å². The molecule has 0 radical (unpaired) electrons. The first kappa shape index (κ1) is 27.6. The highest BCUT2D eigenvalue weighted by Gasteiger charge is 2.24. The van der Waals surface area contributed by atoms with Crippen LogP contribution in [0.15, 0.2) is 42.5 Å². The summed E-state index contributed by atoms with van der Waals surface area (Å²) in [6.07, 6.45) is 4.43. The Morgan fingerprint density at radius 3 is 1.74 bits per heavy atom. The molecule has 8 heteroatoms. The average molecular weight is 535 g/mol. The molecule has 3 aromatic rings. The van der Waals surface area contributed by atoms with Gasteiger partial charge >= 0.3 is 0 Å². The van der Waals surface area contributed by atoms with Crippen molar-refractivity contribution in [3.63, 3.8) is 0 Å². The zero-order valence-corrected chi connectivity index (χ0v) is 21.2. The molecular formula is C30H28F6O2. The van der Waals surface area contributed by atoms with Gasteiger partial charge in [0.15, 0.2) is 34.8 Å².